The van der Waals surface area contributed by atoms with Crippen LogP contribution in [0.25, 0.3) is 0 Å². The van der Waals surface area contributed by atoms with E-state index in [4.69, 9.17) is 15.0 Å². The molecule has 2 saturated carbocycles. The summed E-state index contributed by atoms with van der Waals surface area (Å²) in [5.41, 5.74) is -1.19. The van der Waals surface area contributed by atoms with Gasteiger partial charge in [0.1, 0.15) is 11.2 Å². The van der Waals surface area contributed by atoms with E-state index < -0.39 is 67.1 Å². The number of nitrogens with two attached hydrogens (primary N) is 1. The van der Waals surface area contributed by atoms with E-state index in [9.17, 15) is 39.6 Å². The molecule has 2 aromatic rings. The number of ether oxygens (including phenoxy) is 1. The van der Waals surface area contributed by atoms with Gasteiger partial charge in [-0.25, -0.2) is 8.42 Å². The molecule has 17 heteroatoms. The van der Waals surface area contributed by atoms with Crippen LogP contribution in [0.5, 0.6) is 5.75 Å². The molecule has 3 aliphatic rings. The first kappa shape index (κ1) is 27.1. The lowest BCUT2D eigenvalue weighted by Crippen LogP contribution is -2.37. The Morgan fingerprint density at radius 1 is 1.21 bits per heavy atom. The molecule has 208 valence electrons. The third-order valence-electron chi connectivity index (χ3n) is 7.35. The molecular formula is C21H20F6N4O5S2. The highest BCUT2D eigenvalue weighted by Crippen LogP contribution is 2.62. The van der Waals surface area contributed by atoms with E-state index in [0.717, 1.165) is 29.4 Å². The number of amides is 1. The Bertz CT molecular complexity index is 1420. The summed E-state index contributed by atoms with van der Waals surface area (Å²) < 4.78 is 113. The maximum Gasteiger partial charge on any atom is 0.434 e. The van der Waals surface area contributed by atoms with Crippen LogP contribution in [0, 0.1) is 0 Å². The minimum atomic E-state index is -4.90. The monoisotopic (exact) mass is 586 g/mol. The second kappa shape index (κ2) is 8.00. The summed E-state index contributed by atoms with van der Waals surface area (Å²) in [6.07, 6.45) is -8.81. The van der Waals surface area contributed by atoms with E-state index in [-0.39, 0.29) is 43.1 Å². The average molecular weight is 587 g/mol. The molecule has 3 atom stereocenters. The quantitative estimate of drug-likeness (QED) is 0.301. The van der Waals surface area contributed by atoms with Gasteiger partial charge in [-0.1, -0.05) is 5.16 Å². The Morgan fingerprint density at radius 2 is 1.87 bits per heavy atom. The zero-order valence-corrected chi connectivity index (χ0v) is 21.1. The first-order valence-corrected chi connectivity index (χ1v) is 13.5. The van der Waals surface area contributed by atoms with E-state index in [1.807, 2.05) is 0 Å². The molecule has 1 saturated heterocycles. The number of carbonyl (C=O) groups is 1. The number of aromatic nitrogens is 2. The van der Waals surface area contributed by atoms with Gasteiger partial charge < -0.3 is 19.9 Å². The molecule has 2 aliphatic carbocycles. The lowest BCUT2D eigenvalue weighted by atomic mass is 10.0. The molecule has 1 aliphatic heterocycles. The summed E-state index contributed by atoms with van der Waals surface area (Å²) in [4.78, 5) is 18.2. The average Bonchev–Trinajstić information content (AvgIpc) is 3.60. The third kappa shape index (κ3) is 4.13. The lowest BCUT2D eigenvalue weighted by molar-refractivity contribution is -0.166. The normalized spacial score (nSPS) is 27.1. The number of thiol groups is 1. The predicted octanol–water partition coefficient (Wildman–Crippen LogP) is 2.76. The van der Waals surface area contributed by atoms with Crippen molar-refractivity contribution >= 4 is 28.4 Å². The van der Waals surface area contributed by atoms with Gasteiger partial charge in [-0.2, -0.15) is 31.3 Å². The van der Waals surface area contributed by atoms with Crippen LogP contribution in [-0.4, -0.2) is 72.0 Å². The Kier molecular flexibility index (Phi) is 5.70. The number of rotatable bonds is 6. The molecule has 0 bridgehead atoms. The minimum Gasteiger partial charge on any atom is -0.470 e. The van der Waals surface area contributed by atoms with E-state index in [0.29, 0.717) is 0 Å². The number of benzene rings is 1. The number of hydrogen-bond donors (Lipinski definition) is 2. The number of nitrogens with zero attached hydrogens (tertiary/aromatic N) is 3. The Morgan fingerprint density at radius 3 is 2.42 bits per heavy atom. The van der Waals surface area contributed by atoms with Crippen molar-refractivity contribution in [1.29, 1.82) is 0 Å². The minimum absolute atomic E-state index is 0.102. The molecule has 38 heavy (non-hydrogen) atoms. The van der Waals surface area contributed by atoms with Gasteiger partial charge >= 0.3 is 12.4 Å². The van der Waals surface area contributed by atoms with Crippen LogP contribution in [0.3, 0.4) is 0 Å². The molecule has 2 heterocycles. The Labute approximate surface area is 217 Å². The standard InChI is InChI=1S/C21H20F6N4O5S2/c1-38(33,34)10-2-3-12(35-16(37)20(22,23)24)11(6-10)13(32)31-8-18(7-19(18,28)9-31)14-29-15(36-30-14)17(4-5-17)21(25,26)27/h2-3,6,16,37H,4-5,7-9,28H2,1H3/t16-,18?,19?/m0/s1. The SMILES string of the molecule is CS(=O)(=O)c1ccc(O[C@@H](S)C(F)(F)F)c(C(=O)N2CC3(N)CC3(c3noc(C4(C(F)(F)F)CC4)n3)C2)c1. The van der Waals surface area contributed by atoms with Gasteiger partial charge in [-0.3, -0.25) is 4.79 Å². The van der Waals surface area contributed by atoms with Gasteiger partial charge in [-0.15, -0.1) is 12.6 Å². The van der Waals surface area contributed by atoms with Crippen LogP contribution in [0.2, 0.25) is 0 Å². The Hall–Kier alpha value is -2.53. The fourth-order valence-corrected chi connectivity index (χ4v) is 5.64. The summed E-state index contributed by atoms with van der Waals surface area (Å²) >= 11 is 3.36. The van der Waals surface area contributed by atoms with Gasteiger partial charge in [0.15, 0.2) is 15.7 Å². The second-order valence-electron chi connectivity index (χ2n) is 10.0. The van der Waals surface area contributed by atoms with Crippen LogP contribution in [0.4, 0.5) is 26.3 Å². The number of carbonyl (C=O) groups excluding carboxylic acids is 1. The fourth-order valence-electron chi connectivity index (χ4n) is 4.88. The smallest absolute Gasteiger partial charge is 0.434 e. The molecule has 1 aromatic heterocycles. The highest BCUT2D eigenvalue weighted by Gasteiger charge is 2.75. The van der Waals surface area contributed by atoms with Crippen LogP contribution in [-0.2, 0) is 20.7 Å². The number of fused-ring (bicyclic) bond motifs is 1. The van der Waals surface area contributed by atoms with Crippen molar-refractivity contribution < 1.29 is 48.8 Å². The van der Waals surface area contributed by atoms with Crippen LogP contribution in [0.15, 0.2) is 27.6 Å². The molecule has 5 rings (SSSR count). The fraction of sp³-hybridized carbons (Fsp3) is 0.571. The molecule has 0 radical (unpaired) electrons. The van der Waals surface area contributed by atoms with Crippen LogP contribution in [0.1, 0.15) is 41.3 Å². The van der Waals surface area contributed by atoms with Crippen molar-refractivity contribution in [2.24, 2.45) is 5.73 Å². The highest BCUT2D eigenvalue weighted by molar-refractivity contribution is 7.90. The molecule has 2 unspecified atom stereocenters. The number of sulfone groups is 1. The van der Waals surface area contributed by atoms with E-state index >= 15 is 0 Å². The largest absolute Gasteiger partial charge is 0.470 e. The number of piperidine rings is 1. The molecular weight excluding hydrogens is 566 g/mol. The van der Waals surface area contributed by atoms with Crippen molar-refractivity contribution in [3.8, 4) is 5.75 Å². The van der Waals surface area contributed by atoms with Crippen LogP contribution < -0.4 is 10.5 Å². The zero-order valence-electron chi connectivity index (χ0n) is 19.4. The molecule has 1 amide bonds. The third-order valence-corrected chi connectivity index (χ3v) is 8.86. The molecule has 2 N–H and O–H groups in total. The summed E-state index contributed by atoms with van der Waals surface area (Å²) in [7, 11) is -3.86. The van der Waals surface area contributed by atoms with Crippen molar-refractivity contribution in [2.75, 3.05) is 19.3 Å². The van der Waals surface area contributed by atoms with Gasteiger partial charge in [0, 0.05) is 24.9 Å². The maximum atomic E-state index is 13.5. The van der Waals surface area contributed by atoms with Crippen LogP contribution >= 0.6 is 12.6 Å². The van der Waals surface area contributed by atoms with Gasteiger partial charge in [0.05, 0.1) is 15.9 Å². The summed E-state index contributed by atoms with van der Waals surface area (Å²) in [6.45, 7) is -0.335. The topological polar surface area (TPSA) is 129 Å². The van der Waals surface area contributed by atoms with Crippen molar-refractivity contribution in [2.45, 2.75) is 58.3 Å². The number of halogens is 6. The molecule has 3 fully saturated rings. The number of hydrogen-bond acceptors (Lipinski definition) is 9. The number of likely N-dealkylation sites (tertiary alicyclic amines) is 1. The maximum absolute atomic E-state index is 13.5. The second-order valence-corrected chi connectivity index (χ2v) is 12.5. The highest BCUT2D eigenvalue weighted by atomic mass is 32.2. The predicted molar refractivity (Wildman–Crippen MR) is 119 cm³/mol. The lowest BCUT2D eigenvalue weighted by Gasteiger charge is -2.23. The first-order valence-electron chi connectivity index (χ1n) is 11.1. The van der Waals surface area contributed by atoms with Crippen molar-refractivity contribution in [3.05, 3.63) is 35.5 Å². The van der Waals surface area contributed by atoms with Crippen molar-refractivity contribution in [1.82, 2.24) is 15.0 Å². The molecule has 9 nitrogen and oxygen atoms in total. The number of alkyl halides is 6. The summed E-state index contributed by atoms with van der Waals surface area (Å²) in [5.74, 6) is -2.16. The van der Waals surface area contributed by atoms with E-state index in [2.05, 4.69) is 22.8 Å². The van der Waals surface area contributed by atoms with E-state index in [1.54, 1.807) is 0 Å². The van der Waals surface area contributed by atoms with E-state index in [1.165, 1.54) is 0 Å². The zero-order chi connectivity index (χ0) is 28.1. The molecule has 1 aromatic carbocycles. The van der Waals surface area contributed by atoms with Gasteiger partial charge in [0.2, 0.25) is 11.3 Å². The van der Waals surface area contributed by atoms with Crippen molar-refractivity contribution in [3.63, 3.8) is 0 Å². The van der Waals surface area contributed by atoms with Gasteiger partial charge in [-0.05, 0) is 37.5 Å². The molecule has 0 spiro atoms. The Balaban J connectivity index is 1.45. The summed E-state index contributed by atoms with van der Waals surface area (Å²) in [6, 6.07) is 2.79. The summed E-state index contributed by atoms with van der Waals surface area (Å²) in [5, 5.41) is 3.73. The van der Waals surface area contributed by atoms with Gasteiger partial charge in [0.25, 0.3) is 5.91 Å². The first-order chi connectivity index (χ1) is 17.3.